The van der Waals surface area contributed by atoms with Crippen LogP contribution in [0.15, 0.2) is 18.3 Å². The average Bonchev–Trinajstić information content (AvgIpc) is 2.72. The SMILES string of the molecule is OCC1(Cc2cnns2)CC=CCC1. The molecule has 0 bridgehead atoms. The van der Waals surface area contributed by atoms with Crippen LogP contribution in [0.4, 0.5) is 0 Å². The highest BCUT2D eigenvalue weighted by atomic mass is 32.1. The summed E-state index contributed by atoms with van der Waals surface area (Å²) in [5, 5.41) is 13.3. The van der Waals surface area contributed by atoms with Crippen molar-refractivity contribution < 1.29 is 5.11 Å². The van der Waals surface area contributed by atoms with Crippen LogP contribution < -0.4 is 0 Å². The minimum absolute atomic E-state index is 0.0446. The Hall–Kier alpha value is -0.740. The van der Waals surface area contributed by atoms with Crippen LogP contribution in [0.25, 0.3) is 0 Å². The van der Waals surface area contributed by atoms with Crippen molar-refractivity contribution in [2.24, 2.45) is 5.41 Å². The Morgan fingerprint density at radius 1 is 1.50 bits per heavy atom. The van der Waals surface area contributed by atoms with Crippen molar-refractivity contribution in [3.63, 3.8) is 0 Å². The van der Waals surface area contributed by atoms with Gasteiger partial charge in [0.05, 0.1) is 6.20 Å². The molecule has 0 amide bonds. The van der Waals surface area contributed by atoms with Gasteiger partial charge in [0.2, 0.25) is 0 Å². The summed E-state index contributed by atoms with van der Waals surface area (Å²) in [5.41, 5.74) is 0.0446. The molecule has 0 saturated heterocycles. The third-order valence-corrected chi connectivity index (χ3v) is 3.51. The predicted molar refractivity (Wildman–Crippen MR) is 56.1 cm³/mol. The summed E-state index contributed by atoms with van der Waals surface area (Å²) in [6.07, 6.45) is 10.2. The fourth-order valence-corrected chi connectivity index (χ4v) is 2.60. The van der Waals surface area contributed by atoms with Gasteiger partial charge in [-0.05, 0) is 37.2 Å². The van der Waals surface area contributed by atoms with Gasteiger partial charge in [0.25, 0.3) is 0 Å². The second-order valence-electron chi connectivity index (χ2n) is 3.93. The zero-order valence-corrected chi connectivity index (χ0v) is 8.83. The lowest BCUT2D eigenvalue weighted by Gasteiger charge is -2.32. The number of aliphatic hydroxyl groups is 1. The zero-order valence-electron chi connectivity index (χ0n) is 8.02. The number of nitrogens with zero attached hydrogens (tertiary/aromatic N) is 2. The lowest BCUT2D eigenvalue weighted by atomic mass is 9.75. The molecule has 1 heterocycles. The molecule has 3 nitrogen and oxygen atoms in total. The molecule has 1 aromatic rings. The molecule has 2 rings (SSSR count). The molecular weight excluding hydrogens is 196 g/mol. The molecule has 0 aromatic carbocycles. The van der Waals surface area contributed by atoms with E-state index in [9.17, 15) is 5.11 Å². The Morgan fingerprint density at radius 3 is 3.00 bits per heavy atom. The molecule has 1 atom stereocenters. The van der Waals surface area contributed by atoms with Crippen molar-refractivity contribution in [3.05, 3.63) is 23.2 Å². The number of hydrogen-bond donors (Lipinski definition) is 1. The minimum atomic E-state index is 0.0446. The molecule has 14 heavy (non-hydrogen) atoms. The molecular formula is C10H14N2OS. The summed E-state index contributed by atoms with van der Waals surface area (Å²) in [4.78, 5) is 1.18. The zero-order chi connectivity index (χ0) is 9.86. The summed E-state index contributed by atoms with van der Waals surface area (Å²) >= 11 is 1.43. The normalized spacial score (nSPS) is 26.6. The third kappa shape index (κ3) is 2.01. The molecule has 0 spiro atoms. The smallest absolute Gasteiger partial charge is 0.0653 e. The van der Waals surface area contributed by atoms with Gasteiger partial charge in [-0.1, -0.05) is 16.6 Å². The molecule has 4 heteroatoms. The van der Waals surface area contributed by atoms with Gasteiger partial charge in [0.1, 0.15) is 0 Å². The Bertz CT molecular complexity index is 310. The van der Waals surface area contributed by atoms with E-state index in [1.807, 2.05) is 0 Å². The summed E-state index contributed by atoms with van der Waals surface area (Å²) in [5.74, 6) is 0. The molecule has 0 saturated carbocycles. The number of aliphatic hydroxyl groups excluding tert-OH is 1. The van der Waals surface area contributed by atoms with Gasteiger partial charge in [-0.25, -0.2) is 0 Å². The predicted octanol–water partition coefficient (Wildman–Crippen LogP) is 1.80. The van der Waals surface area contributed by atoms with Gasteiger partial charge < -0.3 is 5.11 Å². The number of hydrogen-bond acceptors (Lipinski definition) is 4. The molecule has 1 N–H and O–H groups in total. The van der Waals surface area contributed by atoms with E-state index in [1.54, 1.807) is 6.20 Å². The fourth-order valence-electron chi connectivity index (χ4n) is 1.94. The van der Waals surface area contributed by atoms with E-state index in [-0.39, 0.29) is 12.0 Å². The van der Waals surface area contributed by atoms with Crippen molar-refractivity contribution in [1.82, 2.24) is 9.59 Å². The van der Waals surface area contributed by atoms with Crippen molar-refractivity contribution in [2.45, 2.75) is 25.7 Å². The van der Waals surface area contributed by atoms with Crippen molar-refractivity contribution in [1.29, 1.82) is 0 Å². The van der Waals surface area contributed by atoms with Crippen LogP contribution in [0.1, 0.15) is 24.1 Å². The lowest BCUT2D eigenvalue weighted by Crippen LogP contribution is -2.28. The van der Waals surface area contributed by atoms with Crippen molar-refractivity contribution in [2.75, 3.05) is 6.61 Å². The fraction of sp³-hybridized carbons (Fsp3) is 0.600. The molecule has 0 radical (unpaired) electrons. The highest BCUT2D eigenvalue weighted by Gasteiger charge is 2.30. The van der Waals surface area contributed by atoms with E-state index in [1.165, 1.54) is 16.4 Å². The maximum Gasteiger partial charge on any atom is 0.0653 e. The van der Waals surface area contributed by atoms with Gasteiger partial charge in [-0.15, -0.1) is 5.10 Å². The third-order valence-electron chi connectivity index (χ3n) is 2.85. The first-order valence-electron chi connectivity index (χ1n) is 4.87. The topological polar surface area (TPSA) is 46.0 Å². The largest absolute Gasteiger partial charge is 0.396 e. The molecule has 1 aliphatic carbocycles. The first-order valence-corrected chi connectivity index (χ1v) is 5.64. The Morgan fingerprint density at radius 2 is 2.43 bits per heavy atom. The summed E-state index contributed by atoms with van der Waals surface area (Å²) < 4.78 is 3.85. The molecule has 1 aromatic heterocycles. The summed E-state index contributed by atoms with van der Waals surface area (Å²) in [6, 6.07) is 0. The lowest BCUT2D eigenvalue weighted by molar-refractivity contribution is 0.114. The Kier molecular flexibility index (Phi) is 2.93. The average molecular weight is 210 g/mol. The standard InChI is InChI=1S/C10H14N2OS/c13-8-10(4-2-1-3-5-10)6-9-7-11-12-14-9/h1-2,7,13H,3-6,8H2. The Balaban J connectivity index is 2.09. The second kappa shape index (κ2) is 4.19. The monoisotopic (exact) mass is 210 g/mol. The number of rotatable bonds is 3. The quantitative estimate of drug-likeness (QED) is 0.774. The highest BCUT2D eigenvalue weighted by Crippen LogP contribution is 2.36. The van der Waals surface area contributed by atoms with Crippen LogP contribution in [0, 0.1) is 5.41 Å². The van der Waals surface area contributed by atoms with E-state index >= 15 is 0 Å². The van der Waals surface area contributed by atoms with Crippen LogP contribution in [0.2, 0.25) is 0 Å². The molecule has 1 aliphatic rings. The van der Waals surface area contributed by atoms with Gasteiger partial charge in [0.15, 0.2) is 0 Å². The molecule has 1 unspecified atom stereocenters. The van der Waals surface area contributed by atoms with E-state index in [2.05, 4.69) is 21.7 Å². The van der Waals surface area contributed by atoms with Crippen LogP contribution in [0.3, 0.4) is 0 Å². The van der Waals surface area contributed by atoms with Crippen LogP contribution in [0.5, 0.6) is 0 Å². The minimum Gasteiger partial charge on any atom is -0.396 e. The van der Waals surface area contributed by atoms with Crippen LogP contribution in [-0.2, 0) is 6.42 Å². The van der Waals surface area contributed by atoms with Gasteiger partial charge in [-0.3, -0.25) is 0 Å². The van der Waals surface area contributed by atoms with E-state index in [0.717, 1.165) is 25.7 Å². The van der Waals surface area contributed by atoms with E-state index in [0.29, 0.717) is 0 Å². The molecule has 76 valence electrons. The molecule has 0 fully saturated rings. The molecule has 0 aliphatic heterocycles. The van der Waals surface area contributed by atoms with Gasteiger partial charge in [-0.2, -0.15) is 0 Å². The highest BCUT2D eigenvalue weighted by molar-refractivity contribution is 7.05. The van der Waals surface area contributed by atoms with E-state index in [4.69, 9.17) is 0 Å². The first kappa shape index (κ1) is 9.80. The first-order chi connectivity index (χ1) is 6.85. The van der Waals surface area contributed by atoms with Crippen molar-refractivity contribution >= 4 is 11.5 Å². The number of allylic oxidation sites excluding steroid dienone is 2. The van der Waals surface area contributed by atoms with Crippen LogP contribution in [-0.4, -0.2) is 21.3 Å². The van der Waals surface area contributed by atoms with Crippen molar-refractivity contribution in [3.8, 4) is 0 Å². The maximum atomic E-state index is 9.47. The Labute approximate surface area is 87.6 Å². The summed E-state index contributed by atoms with van der Waals surface area (Å²) in [7, 11) is 0. The second-order valence-corrected chi connectivity index (χ2v) is 4.80. The van der Waals surface area contributed by atoms with E-state index < -0.39 is 0 Å². The summed E-state index contributed by atoms with van der Waals surface area (Å²) in [6.45, 7) is 0.259. The van der Waals surface area contributed by atoms with Crippen LogP contribution >= 0.6 is 11.5 Å². The van der Waals surface area contributed by atoms with Gasteiger partial charge in [0, 0.05) is 16.9 Å². The maximum absolute atomic E-state index is 9.47. The van der Waals surface area contributed by atoms with Gasteiger partial charge >= 0.3 is 0 Å². The number of aromatic nitrogens is 2.